The minimum atomic E-state index is -1.23. The number of hydrogen-bond acceptors (Lipinski definition) is 7. The summed E-state index contributed by atoms with van der Waals surface area (Å²) in [4.78, 5) is 39.5. The largest absolute Gasteiger partial charge is 0.488 e. The zero-order valence-electron chi connectivity index (χ0n) is 21.1. The van der Waals surface area contributed by atoms with Crippen molar-refractivity contribution in [1.29, 1.82) is 0 Å². The minimum Gasteiger partial charge on any atom is -0.488 e. The van der Waals surface area contributed by atoms with Crippen LogP contribution in [0.3, 0.4) is 0 Å². The van der Waals surface area contributed by atoms with Crippen LogP contribution in [-0.4, -0.2) is 65.3 Å². The number of aromatic nitrogens is 1. The van der Waals surface area contributed by atoms with Crippen LogP contribution in [0.15, 0.2) is 47.4 Å². The fourth-order valence-corrected chi connectivity index (χ4v) is 5.28. The van der Waals surface area contributed by atoms with Crippen molar-refractivity contribution < 1.29 is 33.7 Å². The molecule has 2 aromatic carbocycles. The first-order chi connectivity index (χ1) is 18.7. The van der Waals surface area contributed by atoms with Crippen molar-refractivity contribution in [2.45, 2.75) is 37.3 Å². The molecule has 1 saturated carbocycles. The van der Waals surface area contributed by atoms with Crippen molar-refractivity contribution in [3.63, 3.8) is 0 Å². The number of nitrogens with zero attached hydrogens (tertiary/aromatic N) is 3. The number of halogens is 1. The fraction of sp³-hybridized carbons (Fsp3) is 0.393. The van der Waals surface area contributed by atoms with Gasteiger partial charge in [0.05, 0.1) is 17.7 Å². The SMILES string of the molecule is O=C(O)c1cn(C2CC2)c2cc(N3CCC(O)(COc4ccc(N5CCOC5=O)cc4F)CC3)ccc2c1=O. The highest BCUT2D eigenvalue weighted by Crippen LogP contribution is 2.38. The van der Waals surface area contributed by atoms with Gasteiger partial charge < -0.3 is 29.2 Å². The summed E-state index contributed by atoms with van der Waals surface area (Å²) < 4.78 is 27.1. The number of amides is 1. The van der Waals surface area contributed by atoms with Crippen molar-refractivity contribution in [3.05, 3.63) is 64.2 Å². The average Bonchev–Trinajstić information content (AvgIpc) is 3.67. The van der Waals surface area contributed by atoms with E-state index in [1.807, 2.05) is 10.6 Å². The van der Waals surface area contributed by atoms with Gasteiger partial charge in [0.25, 0.3) is 0 Å². The average molecular weight is 538 g/mol. The molecule has 3 heterocycles. The highest BCUT2D eigenvalue weighted by molar-refractivity contribution is 5.93. The van der Waals surface area contributed by atoms with E-state index in [0.717, 1.165) is 18.5 Å². The highest BCUT2D eigenvalue weighted by Gasteiger charge is 2.34. The number of rotatable bonds is 7. The second-order valence-electron chi connectivity index (χ2n) is 10.4. The molecule has 39 heavy (non-hydrogen) atoms. The van der Waals surface area contributed by atoms with Crippen LogP contribution in [0.25, 0.3) is 10.9 Å². The van der Waals surface area contributed by atoms with Gasteiger partial charge in [0.15, 0.2) is 11.6 Å². The number of carbonyl (C=O) groups is 2. The van der Waals surface area contributed by atoms with Crippen molar-refractivity contribution >= 4 is 34.3 Å². The highest BCUT2D eigenvalue weighted by atomic mass is 19.1. The predicted octanol–water partition coefficient (Wildman–Crippen LogP) is 3.54. The Hall–Kier alpha value is -4.12. The third-order valence-electron chi connectivity index (χ3n) is 7.73. The van der Waals surface area contributed by atoms with Crippen LogP contribution in [0.2, 0.25) is 0 Å². The number of pyridine rings is 1. The molecule has 1 aromatic heterocycles. The molecule has 1 aliphatic carbocycles. The van der Waals surface area contributed by atoms with Gasteiger partial charge in [-0.3, -0.25) is 9.69 Å². The number of piperidine rings is 1. The van der Waals surface area contributed by atoms with Crippen molar-refractivity contribution in [1.82, 2.24) is 4.57 Å². The molecule has 11 heteroatoms. The van der Waals surface area contributed by atoms with E-state index in [1.54, 1.807) is 18.2 Å². The van der Waals surface area contributed by atoms with Crippen molar-refractivity contribution in [2.24, 2.45) is 0 Å². The first kappa shape index (κ1) is 25.2. The number of carboxylic acids is 1. The number of aromatic carboxylic acids is 1. The van der Waals surface area contributed by atoms with Crippen LogP contribution >= 0.6 is 0 Å². The molecule has 0 bridgehead atoms. The lowest BCUT2D eigenvalue weighted by molar-refractivity contribution is -0.0249. The molecule has 3 aliphatic rings. The minimum absolute atomic E-state index is 0.00419. The molecule has 3 aromatic rings. The molecular formula is C28H28FN3O7. The van der Waals surface area contributed by atoms with E-state index < -0.39 is 28.9 Å². The van der Waals surface area contributed by atoms with Gasteiger partial charge in [0.2, 0.25) is 5.43 Å². The summed E-state index contributed by atoms with van der Waals surface area (Å²) in [5.41, 5.74) is 0.0984. The molecule has 6 rings (SSSR count). The first-order valence-electron chi connectivity index (χ1n) is 13.0. The van der Waals surface area contributed by atoms with Crippen molar-refractivity contribution in [3.8, 4) is 5.75 Å². The molecule has 2 N–H and O–H groups in total. The summed E-state index contributed by atoms with van der Waals surface area (Å²) in [5.74, 6) is -1.86. The molecule has 2 aliphatic heterocycles. The molecule has 1 amide bonds. The number of fused-ring (bicyclic) bond motifs is 1. The van der Waals surface area contributed by atoms with Crippen LogP contribution in [0, 0.1) is 5.82 Å². The van der Waals surface area contributed by atoms with Gasteiger partial charge in [-0.1, -0.05) is 0 Å². The molecule has 0 atom stereocenters. The monoisotopic (exact) mass is 537 g/mol. The fourth-order valence-electron chi connectivity index (χ4n) is 5.28. The van der Waals surface area contributed by atoms with E-state index in [4.69, 9.17) is 9.47 Å². The number of carbonyl (C=O) groups excluding carboxylic acids is 1. The number of aliphatic hydroxyl groups is 1. The van der Waals surface area contributed by atoms with Crippen LogP contribution in [-0.2, 0) is 4.74 Å². The lowest BCUT2D eigenvalue weighted by Crippen LogP contribution is -2.48. The third-order valence-corrected chi connectivity index (χ3v) is 7.73. The van der Waals surface area contributed by atoms with Gasteiger partial charge >= 0.3 is 12.1 Å². The Bertz CT molecular complexity index is 1530. The van der Waals surface area contributed by atoms with E-state index >= 15 is 0 Å². The van der Waals surface area contributed by atoms with Gasteiger partial charge in [-0.15, -0.1) is 0 Å². The second-order valence-corrected chi connectivity index (χ2v) is 10.4. The Morgan fingerprint density at radius 1 is 1.08 bits per heavy atom. The number of carboxylic acid groups (broad SMARTS) is 1. The lowest BCUT2D eigenvalue weighted by atomic mass is 9.92. The quantitative estimate of drug-likeness (QED) is 0.470. The topological polar surface area (TPSA) is 122 Å². The maximum Gasteiger partial charge on any atom is 0.414 e. The number of ether oxygens (including phenoxy) is 2. The van der Waals surface area contributed by atoms with Crippen LogP contribution in [0.5, 0.6) is 5.75 Å². The van der Waals surface area contributed by atoms with Crippen LogP contribution in [0.1, 0.15) is 42.1 Å². The Balaban J connectivity index is 1.14. The van der Waals surface area contributed by atoms with E-state index in [0.29, 0.717) is 49.1 Å². The smallest absolute Gasteiger partial charge is 0.414 e. The number of benzene rings is 2. The number of hydrogen-bond donors (Lipinski definition) is 2. The molecule has 0 radical (unpaired) electrons. The van der Waals surface area contributed by atoms with E-state index in [-0.39, 0.29) is 30.6 Å². The predicted molar refractivity (Wildman–Crippen MR) is 140 cm³/mol. The zero-order valence-corrected chi connectivity index (χ0v) is 21.1. The third kappa shape index (κ3) is 4.78. The van der Waals surface area contributed by atoms with Crippen LogP contribution in [0.4, 0.5) is 20.6 Å². The van der Waals surface area contributed by atoms with Crippen LogP contribution < -0.4 is 20.0 Å². The normalized spacial score (nSPS) is 18.9. The van der Waals surface area contributed by atoms with Gasteiger partial charge in [-0.05, 0) is 56.0 Å². The molecule has 0 unspecified atom stereocenters. The summed E-state index contributed by atoms with van der Waals surface area (Å²) in [5, 5.41) is 21.0. The molecule has 204 valence electrons. The summed E-state index contributed by atoms with van der Waals surface area (Å²) in [6.45, 7) is 1.57. The number of cyclic esters (lactones) is 1. The Kier molecular flexibility index (Phi) is 6.17. The van der Waals surface area contributed by atoms with Gasteiger partial charge in [0.1, 0.15) is 24.4 Å². The maximum atomic E-state index is 14.7. The van der Waals surface area contributed by atoms with Gasteiger partial charge in [-0.25, -0.2) is 14.0 Å². The van der Waals surface area contributed by atoms with Crippen molar-refractivity contribution in [2.75, 3.05) is 42.6 Å². The van der Waals surface area contributed by atoms with E-state index in [2.05, 4.69) is 4.90 Å². The molecule has 10 nitrogen and oxygen atoms in total. The Morgan fingerprint density at radius 3 is 2.46 bits per heavy atom. The summed E-state index contributed by atoms with van der Waals surface area (Å²) in [6, 6.07) is 9.82. The van der Waals surface area contributed by atoms with E-state index in [1.165, 1.54) is 23.2 Å². The molecule has 0 spiro atoms. The van der Waals surface area contributed by atoms with Gasteiger partial charge in [0, 0.05) is 42.5 Å². The zero-order chi connectivity index (χ0) is 27.3. The molecule has 3 fully saturated rings. The standard InChI is InChI=1S/C28H28FN3O7/c29-22-13-19(31-11-12-38-27(31)36)4-6-24(22)39-16-28(37)7-9-30(10-8-28)18-3-5-20-23(14-18)32(17-1-2-17)15-21(25(20)33)26(34)35/h3-6,13-15,17,37H,1-2,7-12,16H2,(H,34,35). The van der Waals surface area contributed by atoms with Gasteiger partial charge in [-0.2, -0.15) is 0 Å². The van der Waals surface area contributed by atoms with E-state index in [9.17, 15) is 29.0 Å². The Labute approximate surface area is 222 Å². The summed E-state index contributed by atoms with van der Waals surface area (Å²) in [7, 11) is 0. The Morgan fingerprint density at radius 2 is 1.82 bits per heavy atom. The summed E-state index contributed by atoms with van der Waals surface area (Å²) >= 11 is 0. The lowest BCUT2D eigenvalue weighted by Gasteiger charge is -2.39. The molecule has 2 saturated heterocycles. The maximum absolute atomic E-state index is 14.7. The second kappa shape index (κ2) is 9.57. The molecular weight excluding hydrogens is 509 g/mol. The summed E-state index contributed by atoms with van der Waals surface area (Å²) in [6.07, 6.45) is 3.58. The first-order valence-corrected chi connectivity index (χ1v) is 13.0. The number of anilines is 2.